The molecular weight excluding hydrogens is 266 g/mol. The minimum Gasteiger partial charge on any atom is -0.384 e. The quantitative estimate of drug-likeness (QED) is 0.788. The zero-order valence-corrected chi connectivity index (χ0v) is 13.2. The fraction of sp³-hybridized carbons (Fsp3) is 0.562. The summed E-state index contributed by atoms with van der Waals surface area (Å²) in [5.74, 6) is -0.207. The first-order valence-electron chi connectivity index (χ1n) is 7.52. The Balaban J connectivity index is 2.00. The molecule has 116 valence electrons. The standard InChI is InChI=1S/C16H25N3O2/c1-12-10-14(17-6-9-19-7-4-5-8-19)11-15(13(12)2)16(20)18-21-3/h10-11,17H,4-9H2,1-3H3,(H,18,20). The van der Waals surface area contributed by atoms with Gasteiger partial charge in [-0.3, -0.25) is 9.63 Å². The molecule has 0 bridgehead atoms. The Kier molecular flexibility index (Phi) is 5.59. The van der Waals surface area contributed by atoms with Gasteiger partial charge in [0.1, 0.15) is 0 Å². The lowest BCUT2D eigenvalue weighted by atomic mass is 10.0. The van der Waals surface area contributed by atoms with Gasteiger partial charge in [0.25, 0.3) is 5.91 Å². The third kappa shape index (κ3) is 4.19. The molecule has 1 saturated heterocycles. The van der Waals surface area contributed by atoms with Crippen molar-refractivity contribution < 1.29 is 9.63 Å². The number of amides is 1. The Morgan fingerprint density at radius 2 is 2.00 bits per heavy atom. The fourth-order valence-corrected chi connectivity index (χ4v) is 2.71. The first kappa shape index (κ1) is 15.8. The maximum Gasteiger partial charge on any atom is 0.275 e. The Morgan fingerprint density at radius 3 is 2.67 bits per heavy atom. The van der Waals surface area contributed by atoms with Crippen LogP contribution < -0.4 is 10.8 Å². The van der Waals surface area contributed by atoms with E-state index in [9.17, 15) is 4.79 Å². The lowest BCUT2D eigenvalue weighted by molar-refractivity contribution is 0.0537. The number of carbonyl (C=O) groups is 1. The average molecular weight is 291 g/mol. The molecule has 2 N–H and O–H groups in total. The predicted molar refractivity (Wildman–Crippen MR) is 84.6 cm³/mol. The van der Waals surface area contributed by atoms with E-state index >= 15 is 0 Å². The second-order valence-corrected chi connectivity index (χ2v) is 5.58. The minimum atomic E-state index is -0.207. The van der Waals surface area contributed by atoms with Gasteiger partial charge in [0, 0.05) is 24.3 Å². The second-order valence-electron chi connectivity index (χ2n) is 5.58. The summed E-state index contributed by atoms with van der Waals surface area (Å²) in [5, 5.41) is 3.41. The van der Waals surface area contributed by atoms with E-state index in [0.29, 0.717) is 5.56 Å². The predicted octanol–water partition coefficient (Wildman–Crippen LogP) is 2.10. The van der Waals surface area contributed by atoms with Crippen LogP contribution in [0.25, 0.3) is 0 Å². The van der Waals surface area contributed by atoms with E-state index < -0.39 is 0 Å². The SMILES string of the molecule is CONC(=O)c1cc(NCCN2CCCC2)cc(C)c1C. The number of anilines is 1. The van der Waals surface area contributed by atoms with Crippen LogP contribution >= 0.6 is 0 Å². The van der Waals surface area contributed by atoms with Crippen molar-refractivity contribution in [3.8, 4) is 0 Å². The van der Waals surface area contributed by atoms with Crippen LogP contribution in [-0.2, 0) is 4.84 Å². The number of aryl methyl sites for hydroxylation is 1. The maximum absolute atomic E-state index is 12.0. The fourth-order valence-electron chi connectivity index (χ4n) is 2.71. The number of nitrogens with one attached hydrogen (secondary N) is 2. The van der Waals surface area contributed by atoms with Gasteiger partial charge >= 0.3 is 0 Å². The van der Waals surface area contributed by atoms with Crippen LogP contribution in [0.5, 0.6) is 0 Å². The van der Waals surface area contributed by atoms with Gasteiger partial charge < -0.3 is 10.2 Å². The van der Waals surface area contributed by atoms with Crippen molar-refractivity contribution in [2.45, 2.75) is 26.7 Å². The van der Waals surface area contributed by atoms with E-state index in [1.54, 1.807) is 0 Å². The molecular formula is C16H25N3O2. The van der Waals surface area contributed by atoms with Crippen LogP contribution in [0, 0.1) is 13.8 Å². The average Bonchev–Trinajstić information content (AvgIpc) is 2.96. The molecule has 21 heavy (non-hydrogen) atoms. The highest BCUT2D eigenvalue weighted by molar-refractivity contribution is 5.96. The van der Waals surface area contributed by atoms with Gasteiger partial charge in [0.05, 0.1) is 7.11 Å². The van der Waals surface area contributed by atoms with Crippen LogP contribution in [0.1, 0.15) is 34.3 Å². The van der Waals surface area contributed by atoms with Crippen molar-refractivity contribution in [1.82, 2.24) is 10.4 Å². The molecule has 5 heteroatoms. The molecule has 0 aliphatic carbocycles. The summed E-state index contributed by atoms with van der Waals surface area (Å²) in [4.78, 5) is 19.2. The van der Waals surface area contributed by atoms with Gasteiger partial charge in [-0.1, -0.05) is 0 Å². The zero-order valence-electron chi connectivity index (χ0n) is 13.2. The largest absolute Gasteiger partial charge is 0.384 e. The van der Waals surface area contributed by atoms with Gasteiger partial charge in [0.2, 0.25) is 0 Å². The molecule has 0 atom stereocenters. The first-order valence-corrected chi connectivity index (χ1v) is 7.52. The lowest BCUT2D eigenvalue weighted by Crippen LogP contribution is -2.26. The molecule has 1 amide bonds. The number of hydroxylamine groups is 1. The van der Waals surface area contributed by atoms with E-state index in [0.717, 1.165) is 29.9 Å². The van der Waals surface area contributed by atoms with Gasteiger partial charge in [-0.15, -0.1) is 0 Å². The zero-order chi connectivity index (χ0) is 15.2. The third-order valence-electron chi connectivity index (χ3n) is 4.06. The smallest absolute Gasteiger partial charge is 0.275 e. The number of hydrogen-bond donors (Lipinski definition) is 2. The number of carbonyl (C=O) groups excluding carboxylic acids is 1. The number of rotatable bonds is 6. The molecule has 0 radical (unpaired) electrons. The summed E-state index contributed by atoms with van der Waals surface area (Å²) in [6.07, 6.45) is 2.62. The molecule has 0 spiro atoms. The molecule has 0 saturated carbocycles. The van der Waals surface area contributed by atoms with Crippen molar-refractivity contribution in [3.63, 3.8) is 0 Å². The number of benzene rings is 1. The normalized spacial score (nSPS) is 15.2. The highest BCUT2D eigenvalue weighted by Gasteiger charge is 2.13. The van der Waals surface area contributed by atoms with Crippen LogP contribution in [0.2, 0.25) is 0 Å². The molecule has 2 rings (SSSR count). The number of hydrogen-bond acceptors (Lipinski definition) is 4. The van der Waals surface area contributed by atoms with E-state index in [-0.39, 0.29) is 5.91 Å². The molecule has 1 aliphatic rings. The summed E-state index contributed by atoms with van der Waals surface area (Å²) < 4.78 is 0. The Labute approximate surface area is 126 Å². The Hall–Kier alpha value is -1.59. The monoisotopic (exact) mass is 291 g/mol. The summed E-state index contributed by atoms with van der Waals surface area (Å²) in [7, 11) is 1.44. The Bertz CT molecular complexity index is 497. The summed E-state index contributed by atoms with van der Waals surface area (Å²) in [5.41, 5.74) is 6.10. The summed E-state index contributed by atoms with van der Waals surface area (Å²) in [6.45, 7) is 8.32. The maximum atomic E-state index is 12.0. The summed E-state index contributed by atoms with van der Waals surface area (Å²) >= 11 is 0. The molecule has 1 aromatic carbocycles. The third-order valence-corrected chi connectivity index (χ3v) is 4.06. The number of nitrogens with zero attached hydrogens (tertiary/aromatic N) is 1. The lowest BCUT2D eigenvalue weighted by Gasteiger charge is -2.17. The van der Waals surface area contributed by atoms with Crippen molar-refractivity contribution >= 4 is 11.6 Å². The molecule has 1 heterocycles. The van der Waals surface area contributed by atoms with Crippen LogP contribution in [0.4, 0.5) is 5.69 Å². The molecule has 1 fully saturated rings. The van der Waals surface area contributed by atoms with Gasteiger partial charge in [-0.2, -0.15) is 0 Å². The van der Waals surface area contributed by atoms with Gasteiger partial charge in [0.15, 0.2) is 0 Å². The second kappa shape index (κ2) is 7.43. The van der Waals surface area contributed by atoms with E-state index in [1.165, 1.54) is 33.0 Å². The van der Waals surface area contributed by atoms with E-state index in [4.69, 9.17) is 4.84 Å². The van der Waals surface area contributed by atoms with Crippen LogP contribution in [0.3, 0.4) is 0 Å². The highest BCUT2D eigenvalue weighted by Crippen LogP contribution is 2.20. The van der Waals surface area contributed by atoms with Crippen LogP contribution in [0.15, 0.2) is 12.1 Å². The van der Waals surface area contributed by atoms with Crippen molar-refractivity contribution in [2.24, 2.45) is 0 Å². The molecule has 5 nitrogen and oxygen atoms in total. The van der Waals surface area contributed by atoms with Crippen LogP contribution in [-0.4, -0.2) is 44.1 Å². The van der Waals surface area contributed by atoms with E-state index in [1.807, 2.05) is 19.9 Å². The van der Waals surface area contributed by atoms with Crippen molar-refractivity contribution in [1.29, 1.82) is 0 Å². The number of likely N-dealkylation sites (tertiary alicyclic amines) is 1. The molecule has 1 aromatic rings. The van der Waals surface area contributed by atoms with Crippen molar-refractivity contribution in [2.75, 3.05) is 38.6 Å². The molecule has 1 aliphatic heterocycles. The van der Waals surface area contributed by atoms with Gasteiger partial charge in [-0.05, 0) is 63.0 Å². The summed E-state index contributed by atoms with van der Waals surface area (Å²) in [6, 6.07) is 3.98. The van der Waals surface area contributed by atoms with Gasteiger partial charge in [-0.25, -0.2) is 5.48 Å². The van der Waals surface area contributed by atoms with Crippen molar-refractivity contribution in [3.05, 3.63) is 28.8 Å². The van der Waals surface area contributed by atoms with E-state index in [2.05, 4.69) is 21.8 Å². The minimum absolute atomic E-state index is 0.207. The topological polar surface area (TPSA) is 53.6 Å². The first-order chi connectivity index (χ1) is 10.1. The Morgan fingerprint density at radius 1 is 1.29 bits per heavy atom. The molecule has 0 aromatic heterocycles. The highest BCUT2D eigenvalue weighted by atomic mass is 16.6. The molecule has 0 unspecified atom stereocenters.